The SMILES string of the molecule is CC(C)(C)[Si](OCC/C=C/CCC/C=C\CCCc1cccnc1)(c1ccccc1)c1ccccc1. The summed E-state index contributed by atoms with van der Waals surface area (Å²) in [5.41, 5.74) is 1.33. The highest BCUT2D eigenvalue weighted by atomic mass is 28.4. The van der Waals surface area contributed by atoms with Crippen LogP contribution in [-0.4, -0.2) is 19.9 Å². The molecule has 2 nitrogen and oxygen atoms in total. The van der Waals surface area contributed by atoms with E-state index in [9.17, 15) is 0 Å². The summed E-state index contributed by atoms with van der Waals surface area (Å²) in [6.07, 6.45) is 21.0. The molecule has 0 radical (unpaired) electrons. The van der Waals surface area contributed by atoms with E-state index in [2.05, 4.69) is 117 Å². The van der Waals surface area contributed by atoms with Gasteiger partial charge in [-0.2, -0.15) is 0 Å². The maximum Gasteiger partial charge on any atom is 0.261 e. The lowest BCUT2D eigenvalue weighted by Crippen LogP contribution is -2.66. The summed E-state index contributed by atoms with van der Waals surface area (Å²) in [6, 6.07) is 26.0. The monoisotopic (exact) mass is 497 g/mol. The molecule has 3 aromatic rings. The Bertz CT molecular complexity index is 1000. The number of rotatable bonds is 14. The van der Waals surface area contributed by atoms with E-state index in [1.54, 1.807) is 0 Å². The van der Waals surface area contributed by atoms with Gasteiger partial charge in [-0.1, -0.05) is 112 Å². The molecule has 0 spiro atoms. The van der Waals surface area contributed by atoms with Crippen molar-refractivity contribution in [3.8, 4) is 0 Å². The van der Waals surface area contributed by atoms with Gasteiger partial charge in [-0.05, 0) is 72.0 Å². The second-order valence-electron chi connectivity index (χ2n) is 10.4. The predicted molar refractivity (Wildman–Crippen MR) is 157 cm³/mol. The second kappa shape index (κ2) is 14.7. The average Bonchev–Trinajstić information content (AvgIpc) is 2.90. The van der Waals surface area contributed by atoms with Crippen LogP contribution in [0.4, 0.5) is 0 Å². The summed E-state index contributed by atoms with van der Waals surface area (Å²) in [4.78, 5) is 4.18. The molecule has 0 saturated carbocycles. The van der Waals surface area contributed by atoms with Gasteiger partial charge in [0.25, 0.3) is 8.32 Å². The first kappa shape index (κ1) is 27.8. The summed E-state index contributed by atoms with van der Waals surface area (Å²) in [6.45, 7) is 7.75. The molecule has 0 unspecified atom stereocenters. The van der Waals surface area contributed by atoms with Crippen LogP contribution < -0.4 is 10.4 Å². The fourth-order valence-electron chi connectivity index (χ4n) is 4.84. The Hall–Kier alpha value is -2.75. The Kier molecular flexibility index (Phi) is 11.4. The van der Waals surface area contributed by atoms with Gasteiger partial charge in [-0.3, -0.25) is 4.98 Å². The van der Waals surface area contributed by atoms with Crippen LogP contribution in [0.25, 0.3) is 0 Å². The number of nitrogens with zero attached hydrogens (tertiary/aromatic N) is 1. The van der Waals surface area contributed by atoms with Crippen molar-refractivity contribution in [1.82, 2.24) is 4.98 Å². The summed E-state index contributed by atoms with van der Waals surface area (Å²) >= 11 is 0. The van der Waals surface area contributed by atoms with Gasteiger partial charge in [-0.15, -0.1) is 0 Å². The number of unbranched alkanes of at least 4 members (excludes halogenated alkanes) is 3. The lowest BCUT2D eigenvalue weighted by Gasteiger charge is -2.43. The van der Waals surface area contributed by atoms with E-state index >= 15 is 0 Å². The molecule has 0 N–H and O–H groups in total. The molecule has 0 aliphatic carbocycles. The number of aromatic nitrogens is 1. The first-order valence-corrected chi connectivity index (χ1v) is 15.4. The van der Waals surface area contributed by atoms with E-state index in [0.29, 0.717) is 0 Å². The van der Waals surface area contributed by atoms with E-state index < -0.39 is 8.32 Å². The standard InChI is InChI=1S/C33H43NOSi/c1-33(2,3)36(31-23-15-12-16-24-31,32-25-17-13-18-26-32)35-28-19-11-9-7-5-4-6-8-10-14-21-30-22-20-27-34-29-30/h6,8-9,11-13,15-18,20,22-27,29H,4-5,7,10,14,19,21,28H2,1-3H3/b8-6-,11-9+. The van der Waals surface area contributed by atoms with Crippen LogP contribution in [0, 0.1) is 0 Å². The lowest BCUT2D eigenvalue weighted by molar-refractivity contribution is 0.304. The zero-order valence-electron chi connectivity index (χ0n) is 22.4. The molecule has 3 heteroatoms. The normalized spacial score (nSPS) is 12.5. The summed E-state index contributed by atoms with van der Waals surface area (Å²) in [5, 5.41) is 2.73. The molecule has 1 aromatic heterocycles. The fourth-order valence-corrected chi connectivity index (χ4v) is 9.42. The highest BCUT2D eigenvalue weighted by Crippen LogP contribution is 2.36. The molecular weight excluding hydrogens is 454 g/mol. The molecule has 0 fully saturated rings. The molecule has 0 saturated heterocycles. The van der Waals surface area contributed by atoms with Gasteiger partial charge in [0, 0.05) is 19.0 Å². The molecule has 0 aliphatic heterocycles. The molecule has 190 valence electrons. The van der Waals surface area contributed by atoms with Crippen LogP contribution in [-0.2, 0) is 10.8 Å². The van der Waals surface area contributed by atoms with Crippen LogP contribution in [0.15, 0.2) is 109 Å². The van der Waals surface area contributed by atoms with E-state index in [-0.39, 0.29) is 5.04 Å². The van der Waals surface area contributed by atoms with Crippen molar-refractivity contribution in [3.05, 3.63) is 115 Å². The molecular formula is C33H43NOSi. The van der Waals surface area contributed by atoms with Crippen molar-refractivity contribution in [2.45, 2.75) is 70.8 Å². The van der Waals surface area contributed by atoms with Crippen molar-refractivity contribution in [1.29, 1.82) is 0 Å². The summed E-state index contributed by atoms with van der Waals surface area (Å²) in [5.74, 6) is 0. The number of aryl methyl sites for hydroxylation is 1. The van der Waals surface area contributed by atoms with Crippen molar-refractivity contribution in [2.75, 3.05) is 6.61 Å². The first-order chi connectivity index (χ1) is 17.5. The Balaban J connectivity index is 1.43. The first-order valence-electron chi connectivity index (χ1n) is 13.5. The third-order valence-corrected chi connectivity index (χ3v) is 11.7. The number of allylic oxidation sites excluding steroid dienone is 3. The maximum absolute atomic E-state index is 6.95. The van der Waals surface area contributed by atoms with Crippen LogP contribution in [0.5, 0.6) is 0 Å². The van der Waals surface area contributed by atoms with Gasteiger partial charge in [0.1, 0.15) is 0 Å². The van der Waals surface area contributed by atoms with Crippen molar-refractivity contribution in [3.63, 3.8) is 0 Å². The van der Waals surface area contributed by atoms with Gasteiger partial charge in [-0.25, -0.2) is 0 Å². The number of pyridine rings is 1. The Labute approximate surface area is 220 Å². The molecule has 36 heavy (non-hydrogen) atoms. The largest absolute Gasteiger partial charge is 0.407 e. The molecule has 2 aromatic carbocycles. The Morgan fingerprint density at radius 2 is 1.25 bits per heavy atom. The van der Waals surface area contributed by atoms with E-state index in [4.69, 9.17) is 4.43 Å². The van der Waals surface area contributed by atoms with E-state index in [1.165, 1.54) is 28.8 Å². The van der Waals surface area contributed by atoms with Crippen molar-refractivity contribution < 1.29 is 4.43 Å². The number of benzene rings is 2. The van der Waals surface area contributed by atoms with Crippen LogP contribution in [0.2, 0.25) is 5.04 Å². The fraction of sp³-hybridized carbons (Fsp3) is 0.364. The van der Waals surface area contributed by atoms with Crippen LogP contribution >= 0.6 is 0 Å². The Morgan fingerprint density at radius 3 is 1.78 bits per heavy atom. The van der Waals surface area contributed by atoms with Crippen molar-refractivity contribution in [2.24, 2.45) is 0 Å². The molecule has 0 atom stereocenters. The quantitative estimate of drug-likeness (QED) is 0.130. The summed E-state index contributed by atoms with van der Waals surface area (Å²) in [7, 11) is -2.41. The van der Waals surface area contributed by atoms with Gasteiger partial charge in [0.05, 0.1) is 0 Å². The molecule has 0 bridgehead atoms. The van der Waals surface area contributed by atoms with Gasteiger partial charge in [0.2, 0.25) is 0 Å². The third kappa shape index (κ3) is 8.14. The highest BCUT2D eigenvalue weighted by Gasteiger charge is 2.49. The lowest BCUT2D eigenvalue weighted by atomic mass is 10.1. The van der Waals surface area contributed by atoms with E-state index in [0.717, 1.165) is 38.7 Å². The molecule has 1 heterocycles. The second-order valence-corrected chi connectivity index (χ2v) is 14.7. The molecule has 0 aliphatic rings. The molecule has 3 rings (SSSR count). The minimum Gasteiger partial charge on any atom is -0.407 e. The van der Waals surface area contributed by atoms with Crippen molar-refractivity contribution >= 4 is 18.7 Å². The minimum absolute atomic E-state index is 0.0315. The zero-order chi connectivity index (χ0) is 25.5. The average molecular weight is 498 g/mol. The van der Waals surface area contributed by atoms with Crippen LogP contribution in [0.3, 0.4) is 0 Å². The highest BCUT2D eigenvalue weighted by molar-refractivity contribution is 6.99. The third-order valence-electron chi connectivity index (χ3n) is 6.65. The van der Waals surface area contributed by atoms with Gasteiger partial charge < -0.3 is 4.43 Å². The van der Waals surface area contributed by atoms with Gasteiger partial charge in [0.15, 0.2) is 0 Å². The van der Waals surface area contributed by atoms with Gasteiger partial charge >= 0.3 is 0 Å². The Morgan fingerprint density at radius 1 is 0.694 bits per heavy atom. The number of hydrogen-bond donors (Lipinski definition) is 0. The summed E-state index contributed by atoms with van der Waals surface area (Å²) < 4.78 is 6.95. The minimum atomic E-state index is -2.41. The van der Waals surface area contributed by atoms with E-state index in [1.807, 2.05) is 18.5 Å². The zero-order valence-corrected chi connectivity index (χ0v) is 23.4. The maximum atomic E-state index is 6.95. The topological polar surface area (TPSA) is 22.1 Å². The smallest absolute Gasteiger partial charge is 0.261 e. The number of hydrogen-bond acceptors (Lipinski definition) is 2. The van der Waals surface area contributed by atoms with Crippen LogP contribution in [0.1, 0.15) is 64.9 Å². The predicted octanol–water partition coefficient (Wildman–Crippen LogP) is 7.65. The molecule has 0 amide bonds.